The maximum absolute atomic E-state index is 12.5. The van der Waals surface area contributed by atoms with Gasteiger partial charge in [-0.2, -0.15) is 0 Å². The van der Waals surface area contributed by atoms with Gasteiger partial charge in [0.05, 0.1) is 0 Å². The van der Waals surface area contributed by atoms with Crippen molar-refractivity contribution in [3.8, 4) is 10.6 Å². The zero-order valence-electron chi connectivity index (χ0n) is 12.7. The van der Waals surface area contributed by atoms with Gasteiger partial charge in [0.25, 0.3) is 5.91 Å². The molecule has 1 amide bonds. The van der Waals surface area contributed by atoms with Gasteiger partial charge in [0.15, 0.2) is 0 Å². The van der Waals surface area contributed by atoms with E-state index in [1.807, 2.05) is 46.7 Å². The number of likely N-dealkylation sites (tertiary alicyclic amines) is 1. The van der Waals surface area contributed by atoms with E-state index in [0.29, 0.717) is 11.6 Å². The van der Waals surface area contributed by atoms with E-state index < -0.39 is 0 Å². The van der Waals surface area contributed by atoms with Crippen molar-refractivity contribution in [1.29, 1.82) is 0 Å². The molecule has 0 aliphatic carbocycles. The van der Waals surface area contributed by atoms with Crippen LogP contribution in [0.5, 0.6) is 0 Å². The number of benzene rings is 1. The van der Waals surface area contributed by atoms with Gasteiger partial charge in [-0.15, -0.1) is 11.3 Å². The second kappa shape index (κ2) is 6.34. The number of pyridine rings is 1. The minimum absolute atomic E-state index is 0.00777. The summed E-state index contributed by atoms with van der Waals surface area (Å²) in [6.07, 6.45) is 3.48. The first-order valence-corrected chi connectivity index (χ1v) is 8.87. The highest BCUT2D eigenvalue weighted by Crippen LogP contribution is 2.30. The molecule has 1 fully saturated rings. The Balaban J connectivity index is 1.43. The molecule has 1 aliphatic heterocycles. The molecule has 0 atom stereocenters. The molecule has 6 heteroatoms. The van der Waals surface area contributed by atoms with Gasteiger partial charge in [0, 0.05) is 47.4 Å². The quantitative estimate of drug-likeness (QED) is 0.710. The minimum atomic E-state index is -0.00777. The number of rotatable bonds is 3. The van der Waals surface area contributed by atoms with Crippen molar-refractivity contribution in [2.24, 2.45) is 0 Å². The van der Waals surface area contributed by atoms with Crippen LogP contribution in [0.3, 0.4) is 0 Å². The van der Waals surface area contributed by atoms with Crippen LogP contribution in [0, 0.1) is 0 Å². The molecule has 4 nitrogen and oxygen atoms in total. The van der Waals surface area contributed by atoms with E-state index in [1.165, 1.54) is 16.9 Å². The topological polar surface area (TPSA) is 46.1 Å². The van der Waals surface area contributed by atoms with E-state index in [0.717, 1.165) is 28.7 Å². The normalized spacial score (nSPS) is 14.5. The molecule has 4 rings (SSSR count). The molecular weight excluding hydrogens is 342 g/mol. The van der Waals surface area contributed by atoms with Gasteiger partial charge in [-0.25, -0.2) is 4.98 Å². The van der Waals surface area contributed by atoms with Crippen LogP contribution in [0.2, 0.25) is 5.02 Å². The average Bonchev–Trinajstić information content (AvgIpc) is 3.06. The summed E-state index contributed by atoms with van der Waals surface area (Å²) < 4.78 is 0. The molecule has 1 saturated heterocycles. The fourth-order valence-electron chi connectivity index (χ4n) is 2.75. The van der Waals surface area contributed by atoms with Crippen molar-refractivity contribution >= 4 is 28.8 Å². The number of thiazole rings is 1. The maximum Gasteiger partial charge on any atom is 0.273 e. The van der Waals surface area contributed by atoms with Crippen LogP contribution in [-0.2, 0) is 0 Å². The second-order valence-corrected chi connectivity index (χ2v) is 7.03. The number of carbonyl (C=O) groups excluding carboxylic acids is 1. The van der Waals surface area contributed by atoms with Crippen LogP contribution in [0.1, 0.15) is 22.0 Å². The van der Waals surface area contributed by atoms with Gasteiger partial charge in [0.1, 0.15) is 10.7 Å². The molecule has 24 heavy (non-hydrogen) atoms. The van der Waals surface area contributed by atoms with Crippen LogP contribution in [-0.4, -0.2) is 33.9 Å². The van der Waals surface area contributed by atoms with Crippen molar-refractivity contribution in [1.82, 2.24) is 14.9 Å². The maximum atomic E-state index is 12.5. The number of amides is 1. The molecule has 3 heterocycles. The Kier molecular flexibility index (Phi) is 4.04. The molecule has 1 aliphatic rings. The fourth-order valence-corrected chi connectivity index (χ4v) is 3.66. The third-order valence-electron chi connectivity index (χ3n) is 4.14. The Morgan fingerprint density at radius 2 is 2.00 bits per heavy atom. The lowest BCUT2D eigenvalue weighted by molar-refractivity contribution is 0.0597. The van der Waals surface area contributed by atoms with E-state index >= 15 is 0 Å². The van der Waals surface area contributed by atoms with E-state index in [9.17, 15) is 4.79 Å². The summed E-state index contributed by atoms with van der Waals surface area (Å²) in [5, 5.41) is 3.37. The second-order valence-electron chi connectivity index (χ2n) is 5.74. The van der Waals surface area contributed by atoms with Gasteiger partial charge in [0.2, 0.25) is 0 Å². The van der Waals surface area contributed by atoms with Crippen molar-refractivity contribution < 1.29 is 4.79 Å². The van der Waals surface area contributed by atoms with Crippen LogP contribution in [0.15, 0.2) is 54.2 Å². The third-order valence-corrected chi connectivity index (χ3v) is 5.29. The summed E-state index contributed by atoms with van der Waals surface area (Å²) in [6.45, 7) is 1.44. The standard InChI is InChI=1S/C18H14ClN3OS/c19-15-5-3-12(4-6-15)14-9-22(10-14)18(23)16-11-24-17(21-16)13-2-1-7-20-8-13/h1-8,11,14H,9-10H2. The Morgan fingerprint density at radius 1 is 1.21 bits per heavy atom. The zero-order chi connectivity index (χ0) is 16.5. The molecule has 0 radical (unpaired) electrons. The summed E-state index contributed by atoms with van der Waals surface area (Å²) in [4.78, 5) is 22.9. The largest absolute Gasteiger partial charge is 0.336 e. The van der Waals surface area contributed by atoms with Crippen LogP contribution < -0.4 is 0 Å². The monoisotopic (exact) mass is 355 g/mol. The van der Waals surface area contributed by atoms with E-state index in [4.69, 9.17) is 11.6 Å². The van der Waals surface area contributed by atoms with Crippen LogP contribution >= 0.6 is 22.9 Å². The predicted octanol–water partition coefficient (Wildman–Crippen LogP) is 4.10. The molecule has 1 aromatic carbocycles. The number of hydrogen-bond acceptors (Lipinski definition) is 4. The zero-order valence-corrected chi connectivity index (χ0v) is 14.3. The average molecular weight is 356 g/mol. The lowest BCUT2D eigenvalue weighted by Crippen LogP contribution is -2.48. The van der Waals surface area contributed by atoms with Gasteiger partial charge >= 0.3 is 0 Å². The summed E-state index contributed by atoms with van der Waals surface area (Å²) in [5.74, 6) is 0.370. The van der Waals surface area contributed by atoms with Crippen LogP contribution in [0.25, 0.3) is 10.6 Å². The lowest BCUT2D eigenvalue weighted by atomic mass is 9.91. The first-order valence-electron chi connectivity index (χ1n) is 7.61. The van der Waals surface area contributed by atoms with E-state index in [1.54, 1.807) is 12.4 Å². The summed E-state index contributed by atoms with van der Waals surface area (Å²) in [6, 6.07) is 11.6. The number of carbonyl (C=O) groups is 1. The Hall–Kier alpha value is -2.24. The first-order chi connectivity index (χ1) is 11.7. The van der Waals surface area contributed by atoms with Gasteiger partial charge in [-0.3, -0.25) is 9.78 Å². The molecule has 0 saturated carbocycles. The van der Waals surface area contributed by atoms with Crippen molar-refractivity contribution in [3.05, 3.63) is 70.5 Å². The lowest BCUT2D eigenvalue weighted by Gasteiger charge is -2.39. The molecule has 0 unspecified atom stereocenters. The van der Waals surface area contributed by atoms with Crippen LogP contribution in [0.4, 0.5) is 0 Å². The van der Waals surface area contributed by atoms with E-state index in [2.05, 4.69) is 9.97 Å². The van der Waals surface area contributed by atoms with Gasteiger partial charge in [-0.1, -0.05) is 23.7 Å². The van der Waals surface area contributed by atoms with Gasteiger partial charge in [-0.05, 0) is 29.8 Å². The number of halogens is 1. The summed E-state index contributed by atoms with van der Waals surface area (Å²) >= 11 is 7.38. The molecule has 3 aromatic rings. The molecule has 120 valence electrons. The highest BCUT2D eigenvalue weighted by atomic mass is 35.5. The smallest absolute Gasteiger partial charge is 0.273 e. The van der Waals surface area contributed by atoms with Gasteiger partial charge < -0.3 is 4.90 Å². The Bertz CT molecular complexity index is 857. The number of hydrogen-bond donors (Lipinski definition) is 0. The Labute approximate surface area is 148 Å². The minimum Gasteiger partial charge on any atom is -0.336 e. The highest BCUT2D eigenvalue weighted by molar-refractivity contribution is 7.13. The molecule has 2 aromatic heterocycles. The predicted molar refractivity (Wildman–Crippen MR) is 95.4 cm³/mol. The molecule has 0 N–H and O–H groups in total. The number of nitrogens with zero attached hydrogens (tertiary/aromatic N) is 3. The SMILES string of the molecule is O=C(c1csc(-c2cccnc2)n1)N1CC(c2ccc(Cl)cc2)C1. The van der Waals surface area contributed by atoms with Crippen molar-refractivity contribution in [3.63, 3.8) is 0 Å². The van der Waals surface area contributed by atoms with Crippen molar-refractivity contribution in [2.75, 3.05) is 13.1 Å². The number of aromatic nitrogens is 2. The third kappa shape index (κ3) is 2.92. The summed E-state index contributed by atoms with van der Waals surface area (Å²) in [5.41, 5.74) is 2.66. The molecule has 0 spiro atoms. The molecular formula is C18H14ClN3OS. The fraction of sp³-hybridized carbons (Fsp3) is 0.167. The van der Waals surface area contributed by atoms with Crippen molar-refractivity contribution in [2.45, 2.75) is 5.92 Å². The highest BCUT2D eigenvalue weighted by Gasteiger charge is 2.33. The Morgan fingerprint density at radius 3 is 2.71 bits per heavy atom. The van der Waals surface area contributed by atoms with E-state index in [-0.39, 0.29) is 5.91 Å². The summed E-state index contributed by atoms with van der Waals surface area (Å²) in [7, 11) is 0. The molecule has 0 bridgehead atoms. The first kappa shape index (κ1) is 15.3.